The summed E-state index contributed by atoms with van der Waals surface area (Å²) in [7, 11) is 4.58. The van der Waals surface area contributed by atoms with Crippen molar-refractivity contribution in [2.45, 2.75) is 58.5 Å². The van der Waals surface area contributed by atoms with Crippen LogP contribution < -0.4 is 4.74 Å². The van der Waals surface area contributed by atoms with Gasteiger partial charge in [-0.3, -0.25) is 0 Å². The van der Waals surface area contributed by atoms with Crippen molar-refractivity contribution >= 4 is 23.9 Å². The average Bonchev–Trinajstić information content (AvgIpc) is 3.43. The number of aromatic nitrogens is 2. The van der Waals surface area contributed by atoms with Crippen molar-refractivity contribution < 1.29 is 50.5 Å². The van der Waals surface area contributed by atoms with E-state index in [2.05, 4.69) is 11.6 Å². The third kappa shape index (κ3) is 11.6. The standard InChI is InChI=1S/C37H43F6N5O5/c1-8-11-30(23(2)18-28(37(41,42)43)19-24(3)36(38,39)40)53-35(51)46(5)22-25(4)45-32(48-16-10-17-48)13-9-12-26-20-27(14-15-31(26)52-7)33-44-21-29(34(49)50)47(33)6/h9,12-15,18-21,30H,3,8,10-11,16-17,22H2,1-2,4-7H3,(H,49,50)/b12-9+,23-18+,28-19+,32-13+,45-25+. The summed E-state index contributed by atoms with van der Waals surface area (Å²) in [5, 5.41) is 9.40. The minimum Gasteiger partial charge on any atom is -0.496 e. The number of likely N-dealkylation sites (tertiary alicyclic amines) is 1. The summed E-state index contributed by atoms with van der Waals surface area (Å²) >= 11 is 0. The fraction of sp³-hybridized carbons (Fsp3) is 0.405. The van der Waals surface area contributed by atoms with Gasteiger partial charge in [-0.15, -0.1) is 0 Å². The Morgan fingerprint density at radius 3 is 2.34 bits per heavy atom. The van der Waals surface area contributed by atoms with Gasteiger partial charge in [-0.1, -0.05) is 32.1 Å². The second kappa shape index (κ2) is 18.0. The summed E-state index contributed by atoms with van der Waals surface area (Å²) in [6, 6.07) is 5.34. The lowest BCUT2D eigenvalue weighted by Crippen LogP contribution is -2.37. The molecular formula is C37H43F6N5O5. The van der Waals surface area contributed by atoms with Crippen LogP contribution in [-0.4, -0.2) is 94.5 Å². The molecule has 1 saturated heterocycles. The van der Waals surface area contributed by atoms with Crippen LogP contribution >= 0.6 is 0 Å². The van der Waals surface area contributed by atoms with Crippen molar-refractivity contribution in [1.82, 2.24) is 19.4 Å². The molecule has 1 unspecified atom stereocenters. The van der Waals surface area contributed by atoms with Crippen LogP contribution in [-0.2, 0) is 11.8 Å². The molecule has 0 bridgehead atoms. The van der Waals surface area contributed by atoms with Gasteiger partial charge >= 0.3 is 24.4 Å². The minimum absolute atomic E-state index is 0.00626. The first kappa shape index (κ1) is 42.1. The molecule has 1 aromatic heterocycles. The van der Waals surface area contributed by atoms with Gasteiger partial charge in [-0.05, 0) is 68.7 Å². The van der Waals surface area contributed by atoms with Gasteiger partial charge in [0.15, 0.2) is 0 Å². The van der Waals surface area contributed by atoms with Crippen LogP contribution in [0.4, 0.5) is 31.1 Å². The number of hydrogen-bond acceptors (Lipinski definition) is 7. The van der Waals surface area contributed by atoms with E-state index in [0.29, 0.717) is 46.7 Å². The first-order valence-electron chi connectivity index (χ1n) is 16.5. The highest BCUT2D eigenvalue weighted by Gasteiger charge is 2.37. The molecule has 0 aliphatic carbocycles. The molecule has 1 aromatic carbocycles. The summed E-state index contributed by atoms with van der Waals surface area (Å²) in [6.45, 7) is 8.90. The number of rotatable bonds is 15. The lowest BCUT2D eigenvalue weighted by Gasteiger charge is -2.33. The van der Waals surface area contributed by atoms with Crippen LogP contribution in [0.5, 0.6) is 5.75 Å². The van der Waals surface area contributed by atoms with Crippen molar-refractivity contribution in [1.29, 1.82) is 0 Å². The Labute approximate surface area is 304 Å². The molecule has 1 aliphatic rings. The molecule has 0 saturated carbocycles. The van der Waals surface area contributed by atoms with Crippen molar-refractivity contribution in [3.05, 3.63) is 89.1 Å². The number of alkyl halides is 6. The Morgan fingerprint density at radius 2 is 1.81 bits per heavy atom. The van der Waals surface area contributed by atoms with Crippen molar-refractivity contribution in [2.75, 3.05) is 33.8 Å². The molecule has 16 heteroatoms. The average molecular weight is 752 g/mol. The van der Waals surface area contributed by atoms with Gasteiger partial charge in [-0.25, -0.2) is 19.6 Å². The van der Waals surface area contributed by atoms with Crippen LogP contribution in [0.15, 0.2) is 82.8 Å². The van der Waals surface area contributed by atoms with Gasteiger partial charge in [0.1, 0.15) is 29.2 Å². The number of carbonyl (C=O) groups is 2. The third-order valence-electron chi connectivity index (χ3n) is 8.19. The van der Waals surface area contributed by atoms with E-state index in [-0.39, 0.29) is 30.3 Å². The highest BCUT2D eigenvalue weighted by Crippen LogP contribution is 2.34. The number of carboxylic acids is 1. The van der Waals surface area contributed by atoms with Crippen molar-refractivity contribution in [3.8, 4) is 17.1 Å². The molecule has 53 heavy (non-hydrogen) atoms. The van der Waals surface area contributed by atoms with E-state index in [1.54, 1.807) is 51.3 Å². The second-order valence-electron chi connectivity index (χ2n) is 12.4. The summed E-state index contributed by atoms with van der Waals surface area (Å²) in [4.78, 5) is 36.8. The van der Waals surface area contributed by atoms with Gasteiger partial charge < -0.3 is 28.9 Å². The topological polar surface area (TPSA) is 109 Å². The molecule has 288 valence electrons. The first-order valence-corrected chi connectivity index (χ1v) is 16.5. The molecule has 2 aromatic rings. The monoisotopic (exact) mass is 751 g/mol. The third-order valence-corrected chi connectivity index (χ3v) is 8.19. The van der Waals surface area contributed by atoms with Gasteiger partial charge in [0.25, 0.3) is 0 Å². The predicted octanol–water partition coefficient (Wildman–Crippen LogP) is 8.61. The molecular weight excluding hydrogens is 708 g/mol. The zero-order valence-corrected chi connectivity index (χ0v) is 30.3. The predicted molar refractivity (Wildman–Crippen MR) is 189 cm³/mol. The van der Waals surface area contributed by atoms with Crippen LogP contribution in [0.1, 0.15) is 56.1 Å². The normalized spacial score (nSPS) is 15.4. The second-order valence-corrected chi connectivity index (χ2v) is 12.4. The van der Waals surface area contributed by atoms with E-state index in [0.717, 1.165) is 19.5 Å². The summed E-state index contributed by atoms with van der Waals surface area (Å²) in [6.07, 6.45) is -3.52. The van der Waals surface area contributed by atoms with Crippen LogP contribution in [0, 0.1) is 0 Å². The van der Waals surface area contributed by atoms with Crippen molar-refractivity contribution in [2.24, 2.45) is 12.0 Å². The Balaban J connectivity index is 1.80. The van der Waals surface area contributed by atoms with Gasteiger partial charge in [0.2, 0.25) is 0 Å². The molecule has 2 heterocycles. The quantitative estimate of drug-likeness (QED) is 0.110. The maximum Gasteiger partial charge on any atom is 0.416 e. The number of carbonyl (C=O) groups excluding carboxylic acids is 1. The number of aromatic carboxylic acids is 1. The summed E-state index contributed by atoms with van der Waals surface area (Å²) < 4.78 is 92.2. The van der Waals surface area contributed by atoms with Gasteiger partial charge in [-0.2, -0.15) is 26.3 Å². The van der Waals surface area contributed by atoms with Crippen LogP contribution in [0.25, 0.3) is 17.5 Å². The molecule has 0 radical (unpaired) electrons. The number of nitrogens with zero attached hydrogens (tertiary/aromatic N) is 5. The molecule has 1 aliphatic heterocycles. The minimum atomic E-state index is -5.11. The van der Waals surface area contributed by atoms with Gasteiger partial charge in [0, 0.05) is 49.6 Å². The number of benzene rings is 1. The van der Waals surface area contributed by atoms with Crippen LogP contribution in [0.2, 0.25) is 0 Å². The zero-order chi connectivity index (χ0) is 39.7. The zero-order valence-electron chi connectivity index (χ0n) is 30.3. The highest BCUT2D eigenvalue weighted by molar-refractivity contribution is 5.88. The van der Waals surface area contributed by atoms with Gasteiger partial charge in [0.05, 0.1) is 25.4 Å². The van der Waals surface area contributed by atoms with E-state index in [1.165, 1.54) is 36.7 Å². The van der Waals surface area contributed by atoms with E-state index in [1.807, 2.05) is 11.0 Å². The number of halogens is 6. The molecule has 1 atom stereocenters. The SMILES string of the molecule is C=C(/C=C(\C=C(/C)C(CCC)OC(=O)N(C)C/C(C)=N/C(=C\C=C\c1cc(-c2ncc(C(=O)O)n2C)ccc1OC)N1CCC1)C(F)(F)F)C(F)(F)F. The molecule has 1 amide bonds. The number of ether oxygens (including phenoxy) is 2. The number of allylic oxidation sites excluding steroid dienone is 6. The summed E-state index contributed by atoms with van der Waals surface area (Å²) in [5.74, 6) is 0.549. The van der Waals surface area contributed by atoms with E-state index >= 15 is 0 Å². The number of aliphatic imine (C=N–C) groups is 1. The highest BCUT2D eigenvalue weighted by atomic mass is 19.4. The Morgan fingerprint density at radius 1 is 1.13 bits per heavy atom. The Hall–Kier alpha value is -5.28. The summed E-state index contributed by atoms with van der Waals surface area (Å²) in [5.41, 5.74) is -1.39. The molecule has 1 fully saturated rings. The largest absolute Gasteiger partial charge is 0.496 e. The maximum atomic E-state index is 13.6. The number of amides is 1. The lowest BCUT2D eigenvalue weighted by molar-refractivity contribution is -0.0932. The number of carboxylic acid groups (broad SMARTS) is 1. The Bertz CT molecular complexity index is 1820. The number of hydrogen-bond donors (Lipinski definition) is 1. The number of imidazole rings is 1. The maximum absolute atomic E-state index is 13.6. The van der Waals surface area contributed by atoms with E-state index < -0.39 is 41.7 Å². The van der Waals surface area contributed by atoms with E-state index in [9.17, 15) is 41.0 Å². The number of methoxy groups -OCH3 is 1. The van der Waals surface area contributed by atoms with E-state index in [4.69, 9.17) is 14.5 Å². The smallest absolute Gasteiger partial charge is 0.416 e. The molecule has 1 N–H and O–H groups in total. The molecule has 10 nitrogen and oxygen atoms in total. The Kier molecular flexibility index (Phi) is 14.3. The van der Waals surface area contributed by atoms with Crippen LogP contribution in [0.3, 0.4) is 0 Å². The fourth-order valence-electron chi connectivity index (χ4n) is 5.18. The lowest BCUT2D eigenvalue weighted by atomic mass is 10.0. The first-order chi connectivity index (χ1) is 24.8. The fourth-order valence-corrected chi connectivity index (χ4v) is 5.18. The molecule has 0 spiro atoms. The van der Waals surface area contributed by atoms with Crippen molar-refractivity contribution in [3.63, 3.8) is 0 Å². The molecule has 3 rings (SSSR count).